The van der Waals surface area contributed by atoms with Gasteiger partial charge in [0.2, 0.25) is 0 Å². The Morgan fingerprint density at radius 2 is 1.42 bits per heavy atom. The van der Waals surface area contributed by atoms with E-state index in [4.69, 9.17) is 9.84 Å². The van der Waals surface area contributed by atoms with Crippen molar-refractivity contribution in [1.29, 1.82) is 0 Å². The molecule has 0 heterocycles. The Hall–Kier alpha value is -0.0800. The van der Waals surface area contributed by atoms with E-state index in [0.717, 1.165) is 0 Å². The maximum atomic E-state index is 8.07. The number of rotatable bonds is 3. The van der Waals surface area contributed by atoms with Crippen molar-refractivity contribution in [3.8, 4) is 0 Å². The summed E-state index contributed by atoms with van der Waals surface area (Å²) in [6.45, 7) is 3.20. The summed E-state index contributed by atoms with van der Waals surface area (Å²) in [6.07, 6.45) is 9.00. The molecular formula is C10H22O2. The van der Waals surface area contributed by atoms with Gasteiger partial charge in [0.1, 0.15) is 0 Å². The smallest absolute Gasteiger partial charge is 0.0697 e. The van der Waals surface area contributed by atoms with Crippen molar-refractivity contribution in [3.63, 3.8) is 0 Å². The predicted octanol–water partition coefficient (Wildman–Crippen LogP) is 2.36. The van der Waals surface area contributed by atoms with Crippen molar-refractivity contribution in [3.05, 3.63) is 0 Å². The minimum atomic E-state index is 0.133. The fraction of sp³-hybridized carbons (Fsp3) is 1.00. The van der Waals surface area contributed by atoms with Gasteiger partial charge in [0.15, 0.2) is 0 Å². The fourth-order valence-corrected chi connectivity index (χ4v) is 1.27. The van der Waals surface area contributed by atoms with Crippen molar-refractivity contribution in [2.45, 2.75) is 45.4 Å². The molecule has 0 saturated heterocycles. The Labute approximate surface area is 75.9 Å². The number of ether oxygens (including phenoxy) is 1. The number of aliphatic hydroxyl groups excluding tert-OH is 1. The SMILES string of the molecule is C1CCCCC1.CCOCCO. The molecule has 1 saturated carbocycles. The first kappa shape index (κ1) is 11.9. The highest BCUT2D eigenvalue weighted by Crippen LogP contribution is 2.15. The highest BCUT2D eigenvalue weighted by molar-refractivity contribution is 4.51. The molecule has 0 unspecified atom stereocenters. The van der Waals surface area contributed by atoms with E-state index in [2.05, 4.69) is 0 Å². The van der Waals surface area contributed by atoms with Crippen LogP contribution < -0.4 is 0 Å². The third-order valence-electron chi connectivity index (χ3n) is 1.94. The van der Waals surface area contributed by atoms with Crippen LogP contribution in [0.25, 0.3) is 0 Å². The van der Waals surface area contributed by atoms with Gasteiger partial charge < -0.3 is 9.84 Å². The van der Waals surface area contributed by atoms with Gasteiger partial charge in [-0.2, -0.15) is 0 Å². The van der Waals surface area contributed by atoms with Crippen molar-refractivity contribution >= 4 is 0 Å². The molecule has 1 rings (SSSR count). The van der Waals surface area contributed by atoms with E-state index in [1.165, 1.54) is 38.5 Å². The van der Waals surface area contributed by atoms with E-state index in [0.29, 0.717) is 13.2 Å². The van der Waals surface area contributed by atoms with Gasteiger partial charge in [-0.25, -0.2) is 0 Å². The Balaban J connectivity index is 0.000000202. The number of aliphatic hydroxyl groups is 1. The standard InChI is InChI=1S/C6H12.C4H10O2/c1-2-4-6-5-3-1;1-2-6-4-3-5/h1-6H2;5H,2-4H2,1H3. The second-order valence-corrected chi connectivity index (χ2v) is 3.04. The Kier molecular flexibility index (Phi) is 10.8. The van der Waals surface area contributed by atoms with E-state index < -0.39 is 0 Å². The summed E-state index contributed by atoms with van der Waals surface area (Å²) in [7, 11) is 0. The van der Waals surface area contributed by atoms with Crippen molar-refractivity contribution in [2.75, 3.05) is 19.8 Å². The van der Waals surface area contributed by atoms with Gasteiger partial charge >= 0.3 is 0 Å². The Bertz CT molecular complexity index is 54.7. The molecule has 2 nitrogen and oxygen atoms in total. The largest absolute Gasteiger partial charge is 0.394 e. The lowest BCUT2D eigenvalue weighted by Crippen LogP contribution is -1.96. The molecule has 0 amide bonds. The van der Waals surface area contributed by atoms with Gasteiger partial charge in [0.25, 0.3) is 0 Å². The zero-order valence-corrected chi connectivity index (χ0v) is 8.22. The van der Waals surface area contributed by atoms with Crippen LogP contribution >= 0.6 is 0 Å². The lowest BCUT2D eigenvalue weighted by Gasteiger charge is -2.05. The monoisotopic (exact) mass is 174 g/mol. The maximum Gasteiger partial charge on any atom is 0.0697 e. The Morgan fingerprint density at radius 1 is 1.00 bits per heavy atom. The van der Waals surface area contributed by atoms with Crippen LogP contribution in [0.3, 0.4) is 0 Å². The Morgan fingerprint density at radius 3 is 1.58 bits per heavy atom. The van der Waals surface area contributed by atoms with E-state index >= 15 is 0 Å². The average Bonchev–Trinajstić information content (AvgIpc) is 2.18. The van der Waals surface area contributed by atoms with Crippen LogP contribution in [0.4, 0.5) is 0 Å². The molecule has 1 aliphatic carbocycles. The molecule has 0 spiro atoms. The molecule has 12 heavy (non-hydrogen) atoms. The van der Waals surface area contributed by atoms with E-state index in [-0.39, 0.29) is 6.61 Å². The van der Waals surface area contributed by atoms with E-state index in [1.807, 2.05) is 6.92 Å². The quantitative estimate of drug-likeness (QED) is 0.665. The molecule has 1 aliphatic rings. The summed E-state index contributed by atoms with van der Waals surface area (Å²) in [6, 6.07) is 0. The van der Waals surface area contributed by atoms with E-state index in [1.54, 1.807) is 0 Å². The van der Waals surface area contributed by atoms with Crippen molar-refractivity contribution in [1.82, 2.24) is 0 Å². The number of hydrogen-bond acceptors (Lipinski definition) is 2. The second kappa shape index (κ2) is 10.9. The second-order valence-electron chi connectivity index (χ2n) is 3.04. The molecule has 0 radical (unpaired) electrons. The van der Waals surface area contributed by atoms with Crippen LogP contribution in [0.2, 0.25) is 0 Å². The minimum absolute atomic E-state index is 0.133. The summed E-state index contributed by atoms with van der Waals surface area (Å²) in [5.41, 5.74) is 0. The van der Waals surface area contributed by atoms with Gasteiger partial charge in [0, 0.05) is 6.61 Å². The van der Waals surface area contributed by atoms with E-state index in [9.17, 15) is 0 Å². The van der Waals surface area contributed by atoms with Crippen LogP contribution in [0.1, 0.15) is 45.4 Å². The zero-order valence-electron chi connectivity index (χ0n) is 8.22. The van der Waals surface area contributed by atoms with Crippen molar-refractivity contribution in [2.24, 2.45) is 0 Å². The van der Waals surface area contributed by atoms with Gasteiger partial charge in [-0.1, -0.05) is 38.5 Å². The number of hydrogen-bond donors (Lipinski definition) is 1. The average molecular weight is 174 g/mol. The fourth-order valence-electron chi connectivity index (χ4n) is 1.27. The molecular weight excluding hydrogens is 152 g/mol. The molecule has 1 N–H and O–H groups in total. The lowest BCUT2D eigenvalue weighted by molar-refractivity contribution is 0.102. The normalized spacial score (nSPS) is 16.5. The summed E-state index contributed by atoms with van der Waals surface area (Å²) < 4.78 is 4.73. The van der Waals surface area contributed by atoms with Gasteiger partial charge in [0.05, 0.1) is 13.2 Å². The minimum Gasteiger partial charge on any atom is -0.394 e. The van der Waals surface area contributed by atoms with Gasteiger partial charge in [-0.3, -0.25) is 0 Å². The summed E-state index contributed by atoms with van der Waals surface area (Å²) in [5.74, 6) is 0. The highest BCUT2D eigenvalue weighted by Gasteiger charge is 1.95. The van der Waals surface area contributed by atoms with Crippen LogP contribution in [0, 0.1) is 0 Å². The molecule has 0 aromatic rings. The maximum absolute atomic E-state index is 8.07. The van der Waals surface area contributed by atoms with Crippen LogP contribution in [-0.2, 0) is 4.74 Å². The molecule has 0 aromatic heterocycles. The van der Waals surface area contributed by atoms with Gasteiger partial charge in [-0.05, 0) is 6.92 Å². The summed E-state index contributed by atoms with van der Waals surface area (Å²) >= 11 is 0. The van der Waals surface area contributed by atoms with Crippen molar-refractivity contribution < 1.29 is 9.84 Å². The van der Waals surface area contributed by atoms with Gasteiger partial charge in [-0.15, -0.1) is 0 Å². The molecule has 0 bridgehead atoms. The zero-order chi connectivity index (χ0) is 9.07. The molecule has 0 atom stereocenters. The van der Waals surface area contributed by atoms with Crippen LogP contribution in [0.15, 0.2) is 0 Å². The topological polar surface area (TPSA) is 29.5 Å². The molecule has 0 aromatic carbocycles. The molecule has 1 fully saturated rings. The first-order valence-electron chi connectivity index (χ1n) is 5.10. The van der Waals surface area contributed by atoms with Crippen LogP contribution in [0.5, 0.6) is 0 Å². The summed E-state index contributed by atoms with van der Waals surface area (Å²) in [5, 5.41) is 8.07. The third kappa shape index (κ3) is 9.92. The summed E-state index contributed by atoms with van der Waals surface area (Å²) in [4.78, 5) is 0. The molecule has 2 heteroatoms. The molecule has 74 valence electrons. The third-order valence-corrected chi connectivity index (χ3v) is 1.94. The lowest BCUT2D eigenvalue weighted by atomic mass is 10.0. The highest BCUT2D eigenvalue weighted by atomic mass is 16.5. The predicted molar refractivity (Wildman–Crippen MR) is 51.3 cm³/mol. The first-order valence-corrected chi connectivity index (χ1v) is 5.10. The molecule has 0 aliphatic heterocycles. The first-order chi connectivity index (χ1) is 5.91. The van der Waals surface area contributed by atoms with Crippen LogP contribution in [-0.4, -0.2) is 24.9 Å².